The zero-order valence-electron chi connectivity index (χ0n) is 9.82. The van der Waals surface area contributed by atoms with E-state index in [0.29, 0.717) is 6.61 Å². The van der Waals surface area contributed by atoms with Crippen molar-refractivity contribution in [3.05, 3.63) is 17.5 Å². The number of hydrogen-bond donors (Lipinski definition) is 0. The third-order valence-electron chi connectivity index (χ3n) is 1.85. The molecule has 1 aromatic heterocycles. The van der Waals surface area contributed by atoms with Gasteiger partial charge in [-0.05, 0) is 26.3 Å². The Morgan fingerprint density at radius 3 is 2.50 bits per heavy atom. The van der Waals surface area contributed by atoms with Gasteiger partial charge in [-0.15, -0.1) is 0 Å². The van der Waals surface area contributed by atoms with E-state index in [9.17, 15) is 0 Å². The maximum absolute atomic E-state index is 5.21. The molecule has 1 rings (SSSR count). The summed E-state index contributed by atoms with van der Waals surface area (Å²) >= 11 is 4.91. The summed E-state index contributed by atoms with van der Waals surface area (Å²) in [4.78, 5) is 8.20. The maximum atomic E-state index is 5.21. The number of nitrogens with zero attached hydrogens (tertiary/aromatic N) is 2. The molecule has 16 heavy (non-hydrogen) atoms. The van der Waals surface area contributed by atoms with Gasteiger partial charge in [0.15, 0.2) is 0 Å². The van der Waals surface area contributed by atoms with E-state index in [0.717, 1.165) is 24.2 Å². The van der Waals surface area contributed by atoms with Crippen LogP contribution in [0.15, 0.2) is 6.07 Å². The molecular weight excluding hydrogens is 224 g/mol. The first-order valence-corrected chi connectivity index (χ1v) is 5.69. The first-order valence-electron chi connectivity index (χ1n) is 5.28. The van der Waals surface area contributed by atoms with Crippen molar-refractivity contribution in [3.8, 4) is 6.01 Å². The Bertz CT molecular complexity index is 349. The van der Waals surface area contributed by atoms with Crippen LogP contribution in [0.1, 0.15) is 31.2 Å². The van der Waals surface area contributed by atoms with E-state index in [1.54, 1.807) is 0 Å². The van der Waals surface area contributed by atoms with Gasteiger partial charge in [-0.3, -0.25) is 0 Å². The fourth-order valence-electron chi connectivity index (χ4n) is 1.14. The molecule has 0 aliphatic heterocycles. The third kappa shape index (κ3) is 4.53. The Morgan fingerprint density at radius 2 is 1.94 bits per heavy atom. The Labute approximate surface area is 101 Å². The minimum Gasteiger partial charge on any atom is -0.457 e. The molecule has 5 heteroatoms. The van der Waals surface area contributed by atoms with E-state index in [1.807, 2.05) is 19.9 Å². The van der Waals surface area contributed by atoms with Gasteiger partial charge >= 0.3 is 11.2 Å². The van der Waals surface area contributed by atoms with Crippen molar-refractivity contribution in [1.82, 2.24) is 9.97 Å². The molecule has 1 heterocycles. The van der Waals surface area contributed by atoms with E-state index in [-0.39, 0.29) is 11.2 Å². The molecule has 0 amide bonds. The predicted octanol–water partition coefficient (Wildman–Crippen LogP) is 2.57. The molecule has 0 unspecified atom stereocenters. The van der Waals surface area contributed by atoms with Gasteiger partial charge in [-0.1, -0.05) is 13.3 Å². The summed E-state index contributed by atoms with van der Waals surface area (Å²) in [5.74, 6) is 0. The number of aromatic nitrogens is 2. The van der Waals surface area contributed by atoms with Crippen molar-refractivity contribution in [3.63, 3.8) is 0 Å². The summed E-state index contributed by atoms with van der Waals surface area (Å²) in [5, 5.41) is 0.0819. The van der Waals surface area contributed by atoms with Crippen LogP contribution in [0.5, 0.6) is 6.01 Å². The quantitative estimate of drug-likeness (QED) is 0.598. The molecule has 0 aromatic carbocycles. The molecule has 0 spiro atoms. The van der Waals surface area contributed by atoms with E-state index >= 15 is 0 Å². The zero-order valence-corrected chi connectivity index (χ0v) is 10.6. The molecule has 0 radical (unpaired) electrons. The lowest BCUT2D eigenvalue weighted by Crippen LogP contribution is -2.13. The normalized spacial score (nSPS) is 9.94. The van der Waals surface area contributed by atoms with Gasteiger partial charge in [-0.2, -0.15) is 0 Å². The van der Waals surface area contributed by atoms with Gasteiger partial charge < -0.3 is 9.47 Å². The second-order valence-electron chi connectivity index (χ2n) is 3.49. The van der Waals surface area contributed by atoms with Gasteiger partial charge in [0, 0.05) is 23.6 Å². The number of unbranched alkanes of at least 4 members (excludes halogenated alkanes) is 1. The summed E-state index contributed by atoms with van der Waals surface area (Å²) < 4.78 is 10.4. The largest absolute Gasteiger partial charge is 0.457 e. The van der Waals surface area contributed by atoms with Gasteiger partial charge in [0.1, 0.15) is 0 Å². The van der Waals surface area contributed by atoms with Crippen molar-refractivity contribution < 1.29 is 9.47 Å². The van der Waals surface area contributed by atoms with E-state index in [1.165, 1.54) is 0 Å². The molecule has 0 aliphatic rings. The lowest BCUT2D eigenvalue weighted by Gasteiger charge is -2.07. The highest BCUT2D eigenvalue weighted by Gasteiger charge is 2.05. The molecule has 0 atom stereocenters. The highest BCUT2D eigenvalue weighted by Crippen LogP contribution is 2.07. The summed E-state index contributed by atoms with van der Waals surface area (Å²) in [7, 11) is 0. The molecule has 0 N–H and O–H groups in total. The summed E-state index contributed by atoms with van der Waals surface area (Å²) in [6, 6.07) is 2.12. The maximum Gasteiger partial charge on any atom is 0.360 e. The zero-order chi connectivity index (χ0) is 12.0. The van der Waals surface area contributed by atoms with Crippen molar-refractivity contribution in [1.29, 1.82) is 0 Å². The molecule has 0 aliphatic carbocycles. The first-order chi connectivity index (χ1) is 7.61. The Balaban J connectivity index is 2.49. The van der Waals surface area contributed by atoms with Crippen LogP contribution in [-0.2, 0) is 4.74 Å². The second-order valence-corrected chi connectivity index (χ2v) is 3.82. The van der Waals surface area contributed by atoms with Gasteiger partial charge in [0.2, 0.25) is 0 Å². The molecule has 0 fully saturated rings. The Hall–Kier alpha value is -1.23. The van der Waals surface area contributed by atoms with Crippen molar-refractivity contribution in [2.75, 3.05) is 6.61 Å². The van der Waals surface area contributed by atoms with Gasteiger partial charge in [0.05, 0.1) is 6.61 Å². The molecule has 1 aromatic rings. The minimum absolute atomic E-state index is 0.0819. The lowest BCUT2D eigenvalue weighted by molar-refractivity contribution is 0.237. The topological polar surface area (TPSA) is 44.2 Å². The van der Waals surface area contributed by atoms with E-state index in [4.69, 9.17) is 21.7 Å². The third-order valence-corrected chi connectivity index (χ3v) is 2.06. The van der Waals surface area contributed by atoms with Crippen LogP contribution in [0.2, 0.25) is 0 Å². The average Bonchev–Trinajstić information content (AvgIpc) is 2.16. The number of ether oxygens (including phenoxy) is 2. The average molecular weight is 240 g/mol. The fraction of sp³-hybridized carbons (Fsp3) is 0.545. The van der Waals surface area contributed by atoms with E-state index < -0.39 is 0 Å². The molecule has 4 nitrogen and oxygen atoms in total. The lowest BCUT2D eigenvalue weighted by atomic mass is 10.4. The van der Waals surface area contributed by atoms with Crippen molar-refractivity contribution in [2.24, 2.45) is 0 Å². The van der Waals surface area contributed by atoms with Crippen molar-refractivity contribution in [2.45, 2.75) is 33.6 Å². The summed E-state index contributed by atoms with van der Waals surface area (Å²) in [6.45, 7) is 6.41. The SMILES string of the molecule is CCCCOC(=S)Oc1nc(C)cc(C)n1. The monoisotopic (exact) mass is 240 g/mol. The predicted molar refractivity (Wildman–Crippen MR) is 65.6 cm³/mol. The van der Waals surface area contributed by atoms with Crippen LogP contribution in [0.4, 0.5) is 0 Å². The standard InChI is InChI=1S/C11H16N2O2S/c1-4-5-6-14-11(16)15-10-12-8(2)7-9(3)13-10/h7H,4-6H2,1-3H3. The summed E-state index contributed by atoms with van der Waals surface area (Å²) in [6.07, 6.45) is 2.01. The molecule has 88 valence electrons. The van der Waals surface area contributed by atoms with Crippen LogP contribution < -0.4 is 4.74 Å². The molecule has 0 saturated heterocycles. The second kappa shape index (κ2) is 6.37. The molecule has 0 saturated carbocycles. The van der Waals surface area contributed by atoms with Crippen LogP contribution in [0.25, 0.3) is 0 Å². The number of aryl methyl sites for hydroxylation is 2. The highest BCUT2D eigenvalue weighted by molar-refractivity contribution is 7.79. The Kier molecular flexibility index (Phi) is 5.11. The Morgan fingerprint density at radius 1 is 1.31 bits per heavy atom. The number of thiocarbonyl (C=S) groups is 1. The van der Waals surface area contributed by atoms with Crippen LogP contribution in [-0.4, -0.2) is 21.8 Å². The smallest absolute Gasteiger partial charge is 0.360 e. The van der Waals surface area contributed by atoms with Crippen LogP contribution in [0.3, 0.4) is 0 Å². The summed E-state index contributed by atoms with van der Waals surface area (Å²) in [5.41, 5.74) is 1.69. The first kappa shape index (κ1) is 12.8. The fourth-order valence-corrected chi connectivity index (χ4v) is 1.30. The van der Waals surface area contributed by atoms with Crippen molar-refractivity contribution >= 4 is 17.5 Å². The highest BCUT2D eigenvalue weighted by atomic mass is 32.1. The van der Waals surface area contributed by atoms with Gasteiger partial charge in [0.25, 0.3) is 0 Å². The van der Waals surface area contributed by atoms with E-state index in [2.05, 4.69) is 16.9 Å². The molecule has 0 bridgehead atoms. The number of rotatable bonds is 4. The van der Waals surface area contributed by atoms with Gasteiger partial charge in [-0.25, -0.2) is 9.97 Å². The number of hydrogen-bond acceptors (Lipinski definition) is 5. The molecular formula is C11H16N2O2S. The van der Waals surface area contributed by atoms with Crippen LogP contribution in [0, 0.1) is 13.8 Å². The minimum atomic E-state index is 0.0819. The van der Waals surface area contributed by atoms with Crippen LogP contribution >= 0.6 is 12.2 Å².